The monoisotopic (exact) mass is 308 g/mol. The van der Waals surface area contributed by atoms with Gasteiger partial charge in [0.15, 0.2) is 0 Å². The van der Waals surface area contributed by atoms with E-state index in [0.717, 1.165) is 6.07 Å². The molecule has 0 aliphatic carbocycles. The van der Waals surface area contributed by atoms with Gasteiger partial charge in [-0.25, -0.2) is 0 Å². The van der Waals surface area contributed by atoms with E-state index in [1.165, 1.54) is 13.0 Å². The van der Waals surface area contributed by atoms with Crippen LogP contribution in [0.25, 0.3) is 0 Å². The third kappa shape index (κ3) is 3.31. The Balaban J connectivity index is 3.35. The van der Waals surface area contributed by atoms with Crippen LogP contribution >= 0.6 is 15.9 Å². The summed E-state index contributed by atoms with van der Waals surface area (Å²) in [5, 5.41) is 0. The predicted octanol–water partition coefficient (Wildman–Crippen LogP) is 4.29. The first kappa shape index (κ1) is 14.2. The van der Waals surface area contributed by atoms with Crippen molar-refractivity contribution in [2.24, 2.45) is 0 Å². The topological polar surface area (TPSA) is 17.1 Å². The molecule has 0 aromatic heterocycles. The van der Waals surface area contributed by atoms with Gasteiger partial charge in [-0.05, 0) is 30.5 Å². The van der Waals surface area contributed by atoms with Gasteiger partial charge in [0.1, 0.15) is 5.78 Å². The number of carbonyl (C=O) groups is 1. The minimum absolute atomic E-state index is 0.0257. The number of hydrogen-bond donors (Lipinski definition) is 0. The molecular formula is C12H12BrF3O. The highest BCUT2D eigenvalue weighted by Gasteiger charge is 2.35. The summed E-state index contributed by atoms with van der Waals surface area (Å²) in [5.74, 6) is -0.347. The summed E-state index contributed by atoms with van der Waals surface area (Å²) in [6, 6.07) is 4.08. The Morgan fingerprint density at radius 2 is 2.00 bits per heavy atom. The summed E-state index contributed by atoms with van der Waals surface area (Å²) in [5.41, 5.74) is -0.166. The molecule has 0 heterocycles. The largest absolute Gasteiger partial charge is 0.416 e. The molecule has 0 amide bonds. The number of carbonyl (C=O) groups excluding carboxylic acids is 1. The van der Waals surface area contributed by atoms with Crippen molar-refractivity contribution >= 4 is 21.7 Å². The van der Waals surface area contributed by atoms with Gasteiger partial charge in [-0.1, -0.05) is 35.0 Å². The first-order valence-corrected chi connectivity index (χ1v) is 6.03. The zero-order valence-corrected chi connectivity index (χ0v) is 11.0. The maximum absolute atomic E-state index is 12.9. The molecule has 1 atom stereocenters. The van der Waals surface area contributed by atoms with Crippen LogP contribution < -0.4 is 0 Å². The Morgan fingerprint density at radius 1 is 1.41 bits per heavy atom. The SMILES string of the molecule is CCc1ccc(C(Br)C(C)=O)c(C(F)(F)F)c1. The molecular weight excluding hydrogens is 297 g/mol. The van der Waals surface area contributed by atoms with E-state index in [1.807, 2.05) is 0 Å². The number of rotatable bonds is 3. The van der Waals surface area contributed by atoms with Crippen LogP contribution in [0.4, 0.5) is 13.2 Å². The summed E-state index contributed by atoms with van der Waals surface area (Å²) >= 11 is 2.99. The van der Waals surface area contributed by atoms with Crippen LogP contribution in [0.3, 0.4) is 0 Å². The standard InChI is InChI=1S/C12H12BrF3O/c1-3-8-4-5-9(11(13)7(2)17)10(6-8)12(14,15)16/h4-6,11H,3H2,1-2H3. The first-order chi connectivity index (χ1) is 7.77. The maximum atomic E-state index is 12.9. The van der Waals surface area contributed by atoms with E-state index in [-0.39, 0.29) is 11.3 Å². The second kappa shape index (κ2) is 5.21. The normalized spacial score (nSPS) is 13.5. The average molecular weight is 309 g/mol. The molecule has 1 aromatic rings. The average Bonchev–Trinajstić information content (AvgIpc) is 2.26. The van der Waals surface area contributed by atoms with Gasteiger partial charge in [-0.2, -0.15) is 13.2 Å². The number of benzene rings is 1. The van der Waals surface area contributed by atoms with Crippen molar-refractivity contribution in [3.63, 3.8) is 0 Å². The lowest BCUT2D eigenvalue weighted by Crippen LogP contribution is -2.13. The van der Waals surface area contributed by atoms with Gasteiger partial charge in [0.05, 0.1) is 10.4 Å². The minimum Gasteiger partial charge on any atom is -0.298 e. The molecule has 1 rings (SSSR count). The van der Waals surface area contributed by atoms with Crippen molar-refractivity contribution in [1.29, 1.82) is 0 Å². The lowest BCUT2D eigenvalue weighted by molar-refractivity contribution is -0.138. The summed E-state index contributed by atoms with van der Waals surface area (Å²) in [4.78, 5) is 10.3. The molecule has 5 heteroatoms. The van der Waals surface area contributed by atoms with Crippen molar-refractivity contribution < 1.29 is 18.0 Å². The molecule has 17 heavy (non-hydrogen) atoms. The number of alkyl halides is 4. The summed E-state index contributed by atoms with van der Waals surface area (Å²) in [6.07, 6.45) is -3.92. The Kier molecular flexibility index (Phi) is 4.36. The van der Waals surface area contributed by atoms with E-state index in [4.69, 9.17) is 0 Å². The highest BCUT2D eigenvalue weighted by molar-refractivity contribution is 9.09. The van der Waals surface area contributed by atoms with E-state index in [0.29, 0.717) is 12.0 Å². The Labute approximate surface area is 106 Å². The minimum atomic E-state index is -4.44. The third-order valence-electron chi connectivity index (χ3n) is 2.46. The van der Waals surface area contributed by atoms with Gasteiger partial charge in [0.25, 0.3) is 0 Å². The van der Waals surface area contributed by atoms with Crippen molar-refractivity contribution in [2.75, 3.05) is 0 Å². The summed E-state index contributed by atoms with van der Waals surface area (Å²) in [7, 11) is 0. The lowest BCUT2D eigenvalue weighted by Gasteiger charge is -2.16. The fourth-order valence-corrected chi connectivity index (χ4v) is 1.91. The van der Waals surface area contributed by atoms with E-state index in [2.05, 4.69) is 15.9 Å². The van der Waals surface area contributed by atoms with Gasteiger partial charge in [0.2, 0.25) is 0 Å². The van der Waals surface area contributed by atoms with Gasteiger partial charge in [-0.15, -0.1) is 0 Å². The smallest absolute Gasteiger partial charge is 0.298 e. The first-order valence-electron chi connectivity index (χ1n) is 5.12. The number of halogens is 4. The highest BCUT2D eigenvalue weighted by Crippen LogP contribution is 2.38. The number of Topliss-reactive ketones (excluding diaryl/α,β-unsaturated/α-hetero) is 1. The number of ketones is 1. The molecule has 0 aliphatic rings. The zero-order chi connectivity index (χ0) is 13.2. The second-order valence-electron chi connectivity index (χ2n) is 3.75. The molecule has 0 aliphatic heterocycles. The van der Waals surface area contributed by atoms with Crippen LogP contribution in [0.2, 0.25) is 0 Å². The lowest BCUT2D eigenvalue weighted by atomic mass is 9.98. The van der Waals surface area contributed by atoms with Crippen molar-refractivity contribution in [3.8, 4) is 0 Å². The second-order valence-corrected chi connectivity index (χ2v) is 4.66. The number of aryl methyl sites for hydroxylation is 1. The van der Waals surface area contributed by atoms with Crippen LogP contribution in [-0.2, 0) is 17.4 Å². The fourth-order valence-electron chi connectivity index (χ4n) is 1.51. The molecule has 1 nitrogen and oxygen atoms in total. The van der Waals surface area contributed by atoms with Crippen LogP contribution in [0, 0.1) is 0 Å². The fraction of sp³-hybridized carbons (Fsp3) is 0.417. The van der Waals surface area contributed by atoms with Gasteiger partial charge < -0.3 is 0 Å². The van der Waals surface area contributed by atoms with E-state index >= 15 is 0 Å². The van der Waals surface area contributed by atoms with Crippen molar-refractivity contribution in [1.82, 2.24) is 0 Å². The molecule has 0 radical (unpaired) electrons. The Hall–Kier alpha value is -0.840. The molecule has 0 N–H and O–H groups in total. The van der Waals surface area contributed by atoms with Gasteiger partial charge in [0, 0.05) is 0 Å². The molecule has 0 bridgehead atoms. The van der Waals surface area contributed by atoms with Gasteiger partial charge in [-0.3, -0.25) is 4.79 Å². The molecule has 1 aromatic carbocycles. The molecule has 1 unspecified atom stereocenters. The van der Waals surface area contributed by atoms with Crippen LogP contribution in [0.1, 0.15) is 35.4 Å². The van der Waals surface area contributed by atoms with Crippen LogP contribution in [0.15, 0.2) is 18.2 Å². The van der Waals surface area contributed by atoms with Crippen LogP contribution in [0.5, 0.6) is 0 Å². The van der Waals surface area contributed by atoms with E-state index in [9.17, 15) is 18.0 Å². The summed E-state index contributed by atoms with van der Waals surface area (Å²) in [6.45, 7) is 3.04. The Morgan fingerprint density at radius 3 is 2.41 bits per heavy atom. The zero-order valence-electron chi connectivity index (χ0n) is 9.44. The van der Waals surface area contributed by atoms with E-state index < -0.39 is 16.6 Å². The summed E-state index contributed by atoms with van der Waals surface area (Å²) < 4.78 is 38.6. The highest BCUT2D eigenvalue weighted by atomic mass is 79.9. The predicted molar refractivity (Wildman–Crippen MR) is 63.2 cm³/mol. The van der Waals surface area contributed by atoms with Crippen molar-refractivity contribution in [2.45, 2.75) is 31.3 Å². The molecule has 0 saturated carbocycles. The van der Waals surface area contributed by atoms with Gasteiger partial charge >= 0.3 is 6.18 Å². The quantitative estimate of drug-likeness (QED) is 0.761. The Bertz CT molecular complexity index is 426. The molecule has 0 spiro atoms. The van der Waals surface area contributed by atoms with Crippen molar-refractivity contribution in [3.05, 3.63) is 34.9 Å². The number of hydrogen-bond acceptors (Lipinski definition) is 1. The maximum Gasteiger partial charge on any atom is 0.416 e. The molecule has 0 saturated heterocycles. The van der Waals surface area contributed by atoms with E-state index in [1.54, 1.807) is 13.0 Å². The third-order valence-corrected chi connectivity index (χ3v) is 3.60. The molecule has 94 valence electrons. The van der Waals surface area contributed by atoms with Crippen LogP contribution in [-0.4, -0.2) is 5.78 Å². The molecule has 0 fully saturated rings.